The average Bonchev–Trinajstić information content (AvgIpc) is 3.34. The smallest absolute Gasteiger partial charge is 0.422 e. The summed E-state index contributed by atoms with van der Waals surface area (Å²) < 4.78 is 49.0. The third-order valence-electron chi connectivity index (χ3n) is 4.99. The van der Waals surface area contributed by atoms with E-state index in [-0.39, 0.29) is 17.1 Å². The lowest BCUT2D eigenvalue weighted by Crippen LogP contribution is -2.29. The standard InChI is InChI=1S/C19H21F3N4O2/c1-11(27)13-4-3-9-25(2)18(13)28-15-8-7-14-17(16(15)19(20,21)22)23-24-26(14)10-12-5-6-12/h3-4,7-8,11-12,27H,5-6,9-10H2,1-2H3. The molecular formula is C19H21F3N4O2. The highest BCUT2D eigenvalue weighted by molar-refractivity contribution is 5.81. The summed E-state index contributed by atoms with van der Waals surface area (Å²) in [5.41, 5.74) is -0.418. The molecule has 1 aromatic heterocycles. The molecule has 0 saturated heterocycles. The fourth-order valence-corrected chi connectivity index (χ4v) is 3.33. The van der Waals surface area contributed by atoms with Crippen LogP contribution in [0.2, 0.25) is 0 Å². The number of rotatable bonds is 5. The van der Waals surface area contributed by atoms with E-state index in [0.717, 1.165) is 12.8 Å². The van der Waals surface area contributed by atoms with E-state index in [1.165, 1.54) is 10.7 Å². The zero-order valence-electron chi connectivity index (χ0n) is 15.6. The number of aliphatic hydroxyl groups is 1. The summed E-state index contributed by atoms with van der Waals surface area (Å²) >= 11 is 0. The maximum absolute atomic E-state index is 13.9. The van der Waals surface area contributed by atoms with Crippen LogP contribution < -0.4 is 4.74 Å². The third-order valence-corrected chi connectivity index (χ3v) is 4.99. The zero-order valence-corrected chi connectivity index (χ0v) is 15.6. The van der Waals surface area contributed by atoms with Crippen LogP contribution in [0.4, 0.5) is 13.2 Å². The van der Waals surface area contributed by atoms with E-state index in [1.54, 1.807) is 31.0 Å². The normalized spacial score (nSPS) is 18.9. The number of nitrogens with zero attached hydrogens (tertiary/aromatic N) is 4. The molecule has 1 aliphatic carbocycles. The quantitative estimate of drug-likeness (QED) is 0.843. The monoisotopic (exact) mass is 394 g/mol. The third kappa shape index (κ3) is 3.46. The highest BCUT2D eigenvalue weighted by Gasteiger charge is 2.39. The number of halogens is 3. The van der Waals surface area contributed by atoms with E-state index in [2.05, 4.69) is 10.3 Å². The van der Waals surface area contributed by atoms with Gasteiger partial charge < -0.3 is 14.7 Å². The molecule has 0 radical (unpaired) electrons. The van der Waals surface area contributed by atoms with Crippen LogP contribution in [-0.2, 0) is 12.7 Å². The molecule has 2 aliphatic rings. The summed E-state index contributed by atoms with van der Waals surface area (Å²) in [5, 5.41) is 17.7. The van der Waals surface area contributed by atoms with E-state index in [1.807, 2.05) is 6.08 Å². The first-order valence-electron chi connectivity index (χ1n) is 9.17. The minimum absolute atomic E-state index is 0.188. The lowest BCUT2D eigenvalue weighted by molar-refractivity contribution is -0.137. The maximum atomic E-state index is 13.9. The number of benzene rings is 1. The molecule has 2 aromatic rings. The molecule has 6 nitrogen and oxygen atoms in total. The Kier molecular flexibility index (Phi) is 4.57. The minimum atomic E-state index is -4.66. The minimum Gasteiger partial charge on any atom is -0.440 e. The number of fused-ring (bicyclic) bond motifs is 1. The first kappa shape index (κ1) is 18.8. The highest BCUT2D eigenvalue weighted by atomic mass is 19.4. The fourth-order valence-electron chi connectivity index (χ4n) is 3.33. The Hall–Kier alpha value is -2.55. The maximum Gasteiger partial charge on any atom is 0.422 e. The van der Waals surface area contributed by atoms with E-state index in [9.17, 15) is 18.3 Å². The molecule has 1 N–H and O–H groups in total. The van der Waals surface area contributed by atoms with Crippen molar-refractivity contribution < 1.29 is 23.0 Å². The lowest BCUT2D eigenvalue weighted by Gasteiger charge is -2.28. The van der Waals surface area contributed by atoms with Gasteiger partial charge in [-0.15, -0.1) is 5.10 Å². The Labute approximate surface area is 159 Å². The van der Waals surface area contributed by atoms with Gasteiger partial charge in [0.15, 0.2) is 0 Å². The van der Waals surface area contributed by atoms with Crippen LogP contribution in [0.3, 0.4) is 0 Å². The van der Waals surface area contributed by atoms with E-state index >= 15 is 0 Å². The second-order valence-corrected chi connectivity index (χ2v) is 7.34. The van der Waals surface area contributed by atoms with Crippen LogP contribution in [0, 0.1) is 5.92 Å². The van der Waals surface area contributed by atoms with E-state index < -0.39 is 17.8 Å². The van der Waals surface area contributed by atoms with Crippen molar-refractivity contribution in [2.24, 2.45) is 5.92 Å². The van der Waals surface area contributed by atoms with Crippen LogP contribution in [-0.4, -0.2) is 44.7 Å². The first-order chi connectivity index (χ1) is 13.3. The molecule has 1 atom stereocenters. The molecule has 1 saturated carbocycles. The fraction of sp³-hybridized carbons (Fsp3) is 0.474. The first-order valence-corrected chi connectivity index (χ1v) is 9.17. The molecule has 0 bridgehead atoms. The van der Waals surface area contributed by atoms with Crippen molar-refractivity contribution in [3.05, 3.63) is 41.3 Å². The van der Waals surface area contributed by atoms with Gasteiger partial charge in [0.05, 0.1) is 11.6 Å². The van der Waals surface area contributed by atoms with Gasteiger partial charge in [0.2, 0.25) is 5.88 Å². The van der Waals surface area contributed by atoms with Gasteiger partial charge in [-0.1, -0.05) is 17.4 Å². The number of hydrogen-bond donors (Lipinski definition) is 1. The Balaban J connectivity index is 1.81. The molecular weight excluding hydrogens is 373 g/mol. The van der Waals surface area contributed by atoms with Gasteiger partial charge in [-0.3, -0.25) is 0 Å². The molecule has 0 spiro atoms. The number of ether oxygens (including phenoxy) is 1. The van der Waals surface area contributed by atoms with E-state index in [0.29, 0.717) is 30.1 Å². The number of aliphatic hydroxyl groups excluding tert-OH is 1. The molecule has 2 heterocycles. The molecule has 1 aromatic carbocycles. The Morgan fingerprint density at radius 2 is 2.07 bits per heavy atom. The Morgan fingerprint density at radius 1 is 1.32 bits per heavy atom. The summed E-state index contributed by atoms with van der Waals surface area (Å²) in [5.74, 6) is 0.290. The van der Waals surface area contributed by atoms with Crippen molar-refractivity contribution in [1.82, 2.24) is 19.9 Å². The van der Waals surface area contributed by atoms with Gasteiger partial charge in [-0.2, -0.15) is 13.2 Å². The van der Waals surface area contributed by atoms with Crippen LogP contribution in [0.15, 0.2) is 35.7 Å². The van der Waals surface area contributed by atoms with Crippen LogP contribution >= 0.6 is 0 Å². The molecule has 28 heavy (non-hydrogen) atoms. The van der Waals surface area contributed by atoms with Crippen LogP contribution in [0.25, 0.3) is 11.0 Å². The van der Waals surface area contributed by atoms with Crippen molar-refractivity contribution in [2.45, 2.75) is 38.6 Å². The van der Waals surface area contributed by atoms with Gasteiger partial charge in [0.1, 0.15) is 16.8 Å². The van der Waals surface area contributed by atoms with Crippen molar-refractivity contribution in [1.29, 1.82) is 0 Å². The topological polar surface area (TPSA) is 63.4 Å². The molecule has 4 rings (SSSR count). The predicted molar refractivity (Wildman–Crippen MR) is 96.4 cm³/mol. The van der Waals surface area contributed by atoms with Crippen LogP contribution in [0.1, 0.15) is 25.3 Å². The molecule has 1 unspecified atom stereocenters. The summed E-state index contributed by atoms with van der Waals surface area (Å²) in [7, 11) is 1.69. The summed E-state index contributed by atoms with van der Waals surface area (Å²) in [6, 6.07) is 2.86. The molecule has 1 aliphatic heterocycles. The summed E-state index contributed by atoms with van der Waals surface area (Å²) in [6.07, 6.45) is 0.0511. The SMILES string of the molecule is CC(O)C1=C(Oc2ccc3c(nnn3CC3CC3)c2C(F)(F)F)N(C)CC=C1. The highest BCUT2D eigenvalue weighted by Crippen LogP contribution is 2.42. The number of hydrogen-bond acceptors (Lipinski definition) is 5. The Morgan fingerprint density at radius 3 is 2.71 bits per heavy atom. The van der Waals surface area contributed by atoms with Gasteiger partial charge in [0, 0.05) is 25.7 Å². The van der Waals surface area contributed by atoms with E-state index in [4.69, 9.17) is 4.74 Å². The number of alkyl halides is 3. The second kappa shape index (κ2) is 6.80. The molecule has 150 valence electrons. The number of likely N-dealkylation sites (N-methyl/N-ethyl adjacent to an activating group) is 1. The lowest BCUT2D eigenvalue weighted by atomic mass is 10.1. The van der Waals surface area contributed by atoms with Crippen molar-refractivity contribution >= 4 is 11.0 Å². The van der Waals surface area contributed by atoms with Gasteiger partial charge in [-0.05, 0) is 37.8 Å². The van der Waals surface area contributed by atoms with Crippen LogP contribution in [0.5, 0.6) is 5.75 Å². The molecule has 0 amide bonds. The summed E-state index contributed by atoms with van der Waals surface area (Å²) in [6.45, 7) is 2.57. The second-order valence-electron chi connectivity index (χ2n) is 7.34. The average molecular weight is 394 g/mol. The van der Waals surface area contributed by atoms with Gasteiger partial charge >= 0.3 is 6.18 Å². The van der Waals surface area contributed by atoms with Gasteiger partial charge in [-0.25, -0.2) is 4.68 Å². The predicted octanol–water partition coefficient (Wildman–Crippen LogP) is 3.33. The van der Waals surface area contributed by atoms with Gasteiger partial charge in [0.25, 0.3) is 0 Å². The van der Waals surface area contributed by atoms with Crippen molar-refractivity contribution in [2.75, 3.05) is 13.6 Å². The molecule has 9 heteroatoms. The zero-order chi connectivity index (χ0) is 20.1. The largest absolute Gasteiger partial charge is 0.440 e. The molecule has 1 fully saturated rings. The number of aromatic nitrogens is 3. The van der Waals surface area contributed by atoms with Crippen molar-refractivity contribution in [3.63, 3.8) is 0 Å². The van der Waals surface area contributed by atoms with Crippen molar-refractivity contribution in [3.8, 4) is 5.75 Å². The summed E-state index contributed by atoms with van der Waals surface area (Å²) in [4.78, 5) is 1.65. The Bertz CT molecular complexity index is 958.